The SMILES string of the molecule is C[C@@H](O)C/C(=N\[S@+]([O-])C(C)(C)C)c1ccccc1O[Si](C)(C)C(C)(C)C. The van der Waals surface area contributed by atoms with Crippen LogP contribution in [0.15, 0.2) is 28.7 Å². The lowest BCUT2D eigenvalue weighted by Crippen LogP contribution is -2.44. The van der Waals surface area contributed by atoms with Crippen LogP contribution in [0.2, 0.25) is 18.1 Å². The van der Waals surface area contributed by atoms with Gasteiger partial charge in [0.1, 0.15) is 27.6 Å². The van der Waals surface area contributed by atoms with Crippen molar-refractivity contribution < 1.29 is 14.1 Å². The van der Waals surface area contributed by atoms with Crippen molar-refractivity contribution in [2.45, 2.75) is 83.9 Å². The lowest BCUT2D eigenvalue weighted by atomic mass is 10.0. The summed E-state index contributed by atoms with van der Waals surface area (Å²) in [6.45, 7) is 18.4. The number of rotatable bonds is 6. The molecule has 0 aliphatic carbocycles. The van der Waals surface area contributed by atoms with Crippen molar-refractivity contribution in [3.63, 3.8) is 0 Å². The maximum absolute atomic E-state index is 12.6. The Morgan fingerprint density at radius 2 is 1.73 bits per heavy atom. The van der Waals surface area contributed by atoms with E-state index in [-0.39, 0.29) is 5.04 Å². The van der Waals surface area contributed by atoms with Gasteiger partial charge < -0.3 is 14.1 Å². The first-order valence-electron chi connectivity index (χ1n) is 9.11. The fourth-order valence-electron chi connectivity index (χ4n) is 1.94. The summed E-state index contributed by atoms with van der Waals surface area (Å²) >= 11 is -1.40. The fraction of sp³-hybridized carbons (Fsp3) is 0.650. The van der Waals surface area contributed by atoms with Crippen LogP contribution in [0.5, 0.6) is 5.75 Å². The van der Waals surface area contributed by atoms with E-state index < -0.39 is 30.5 Å². The summed E-state index contributed by atoms with van der Waals surface area (Å²) in [6, 6.07) is 7.73. The van der Waals surface area contributed by atoms with E-state index in [1.807, 2.05) is 45.0 Å². The van der Waals surface area contributed by atoms with Crippen molar-refractivity contribution in [3.8, 4) is 5.75 Å². The third-order valence-electron chi connectivity index (χ3n) is 4.57. The summed E-state index contributed by atoms with van der Waals surface area (Å²) in [5, 5.41) is 10.0. The Hall–Kier alpha value is -0.823. The number of aliphatic hydroxyl groups excluding tert-OH is 1. The molecule has 0 unspecified atom stereocenters. The summed E-state index contributed by atoms with van der Waals surface area (Å²) in [7, 11) is -2.03. The van der Waals surface area contributed by atoms with Gasteiger partial charge >= 0.3 is 0 Å². The highest BCUT2D eigenvalue weighted by molar-refractivity contribution is 7.91. The molecule has 0 amide bonds. The van der Waals surface area contributed by atoms with E-state index in [1.54, 1.807) is 6.92 Å². The van der Waals surface area contributed by atoms with Gasteiger partial charge in [-0.15, -0.1) is 0 Å². The Balaban J connectivity index is 3.39. The van der Waals surface area contributed by atoms with Crippen LogP contribution in [-0.2, 0) is 11.4 Å². The predicted molar refractivity (Wildman–Crippen MR) is 115 cm³/mol. The predicted octanol–water partition coefficient (Wildman–Crippen LogP) is 5.09. The van der Waals surface area contributed by atoms with Gasteiger partial charge in [0.25, 0.3) is 8.32 Å². The quantitative estimate of drug-likeness (QED) is 0.413. The second-order valence-electron chi connectivity index (χ2n) is 9.31. The highest BCUT2D eigenvalue weighted by Crippen LogP contribution is 2.38. The summed E-state index contributed by atoms with van der Waals surface area (Å²) in [4.78, 5) is 0. The molecule has 0 aromatic heterocycles. The van der Waals surface area contributed by atoms with Crippen molar-refractivity contribution >= 4 is 25.4 Å². The van der Waals surface area contributed by atoms with Gasteiger partial charge in [0.2, 0.25) is 0 Å². The molecular formula is C20H35NO3SSi. The van der Waals surface area contributed by atoms with Gasteiger partial charge in [0, 0.05) is 12.0 Å². The van der Waals surface area contributed by atoms with Crippen LogP contribution in [0.1, 0.15) is 60.5 Å². The summed E-state index contributed by atoms with van der Waals surface area (Å²) in [5.74, 6) is 0.754. The Morgan fingerprint density at radius 1 is 1.19 bits per heavy atom. The minimum Gasteiger partial charge on any atom is -0.591 e. The molecule has 26 heavy (non-hydrogen) atoms. The molecule has 1 aromatic rings. The monoisotopic (exact) mass is 397 g/mol. The van der Waals surface area contributed by atoms with E-state index in [0.717, 1.165) is 11.3 Å². The average Bonchev–Trinajstić information content (AvgIpc) is 2.44. The molecule has 148 valence electrons. The molecule has 2 atom stereocenters. The zero-order valence-corrected chi connectivity index (χ0v) is 19.5. The van der Waals surface area contributed by atoms with Crippen molar-refractivity contribution in [2.75, 3.05) is 0 Å². The summed E-state index contributed by atoms with van der Waals surface area (Å²) in [6.07, 6.45) is -0.244. The lowest BCUT2D eigenvalue weighted by molar-refractivity contribution is 0.203. The molecule has 0 radical (unpaired) electrons. The number of para-hydroxylation sites is 1. The van der Waals surface area contributed by atoms with Crippen molar-refractivity contribution in [1.82, 2.24) is 0 Å². The van der Waals surface area contributed by atoms with E-state index in [1.165, 1.54) is 0 Å². The number of aliphatic hydroxyl groups is 1. The van der Waals surface area contributed by atoms with E-state index in [0.29, 0.717) is 12.1 Å². The highest BCUT2D eigenvalue weighted by atomic mass is 32.2. The van der Waals surface area contributed by atoms with Crippen LogP contribution in [0.25, 0.3) is 0 Å². The van der Waals surface area contributed by atoms with Gasteiger partial charge in [0.15, 0.2) is 0 Å². The molecule has 0 saturated carbocycles. The molecule has 0 bridgehead atoms. The fourth-order valence-corrected chi connectivity index (χ4v) is 3.62. The Labute approximate surface area is 163 Å². The molecule has 1 rings (SSSR count). The zero-order valence-electron chi connectivity index (χ0n) is 17.7. The van der Waals surface area contributed by atoms with Crippen LogP contribution < -0.4 is 4.43 Å². The van der Waals surface area contributed by atoms with Crippen LogP contribution in [0, 0.1) is 0 Å². The molecule has 0 saturated heterocycles. The third-order valence-corrected chi connectivity index (χ3v) is 10.4. The second kappa shape index (κ2) is 8.46. The molecule has 1 N–H and O–H groups in total. The minimum atomic E-state index is -2.03. The Kier molecular flexibility index (Phi) is 7.56. The molecule has 1 aromatic carbocycles. The number of benzene rings is 1. The first-order valence-corrected chi connectivity index (χ1v) is 13.1. The molecule has 4 nitrogen and oxygen atoms in total. The smallest absolute Gasteiger partial charge is 0.250 e. The molecule has 0 spiro atoms. The maximum Gasteiger partial charge on any atom is 0.250 e. The van der Waals surface area contributed by atoms with Gasteiger partial charge in [-0.3, -0.25) is 0 Å². The van der Waals surface area contributed by atoms with Gasteiger partial charge in [-0.1, -0.05) is 37.3 Å². The van der Waals surface area contributed by atoms with Crippen LogP contribution in [0.3, 0.4) is 0 Å². The van der Waals surface area contributed by atoms with Crippen molar-refractivity contribution in [1.29, 1.82) is 0 Å². The summed E-state index contributed by atoms with van der Waals surface area (Å²) < 4.78 is 23.1. The summed E-state index contributed by atoms with van der Waals surface area (Å²) in [5.41, 5.74) is 1.44. The zero-order chi connectivity index (χ0) is 20.3. The normalized spacial score (nSPS) is 16.3. The van der Waals surface area contributed by atoms with Gasteiger partial charge in [0.05, 0.1) is 6.10 Å². The van der Waals surface area contributed by atoms with Gasteiger partial charge in [-0.05, 0) is 58.0 Å². The molecular weight excluding hydrogens is 362 g/mol. The third kappa shape index (κ3) is 6.41. The Bertz CT molecular complexity index is 631. The number of nitrogens with zero attached hydrogens (tertiary/aromatic N) is 1. The van der Waals surface area contributed by atoms with E-state index in [9.17, 15) is 9.66 Å². The minimum absolute atomic E-state index is 0.0654. The standard InChI is InChI=1S/C20H35NO3SSi/c1-15(22)14-17(21-25(23)19(2,3)4)16-12-10-11-13-18(16)24-26(8,9)20(5,6)7/h10-13,15,22H,14H2,1-9H3/b21-17+/t15-,25-/m1/s1. The van der Waals surface area contributed by atoms with Gasteiger partial charge in [-0.2, -0.15) is 0 Å². The van der Waals surface area contributed by atoms with Crippen molar-refractivity contribution in [3.05, 3.63) is 29.8 Å². The second-order valence-corrected chi connectivity index (χ2v) is 15.9. The van der Waals surface area contributed by atoms with E-state index >= 15 is 0 Å². The van der Waals surface area contributed by atoms with E-state index in [2.05, 4.69) is 38.3 Å². The first kappa shape index (κ1) is 23.2. The number of hydrogen-bond donors (Lipinski definition) is 1. The van der Waals surface area contributed by atoms with Crippen LogP contribution >= 0.6 is 0 Å². The van der Waals surface area contributed by atoms with Gasteiger partial charge in [-0.25, -0.2) is 0 Å². The van der Waals surface area contributed by atoms with Crippen molar-refractivity contribution in [2.24, 2.45) is 4.40 Å². The topological polar surface area (TPSA) is 64.9 Å². The maximum atomic E-state index is 12.6. The molecule has 6 heteroatoms. The van der Waals surface area contributed by atoms with E-state index in [4.69, 9.17) is 4.43 Å². The molecule has 0 heterocycles. The van der Waals surface area contributed by atoms with Crippen LogP contribution in [-0.4, -0.2) is 34.5 Å². The van der Waals surface area contributed by atoms with Crippen LogP contribution in [0.4, 0.5) is 0 Å². The molecule has 0 aliphatic heterocycles. The largest absolute Gasteiger partial charge is 0.591 e. The molecule has 0 fully saturated rings. The average molecular weight is 398 g/mol. The first-order chi connectivity index (χ1) is 11.6. The highest BCUT2D eigenvalue weighted by Gasteiger charge is 2.39. The number of hydrogen-bond acceptors (Lipinski definition) is 4. The Morgan fingerprint density at radius 3 is 2.19 bits per heavy atom. The molecule has 0 aliphatic rings. The lowest BCUT2D eigenvalue weighted by Gasteiger charge is -2.37.